The van der Waals surface area contributed by atoms with Gasteiger partial charge in [-0.1, -0.05) is 12.1 Å². The van der Waals surface area contributed by atoms with Gasteiger partial charge >= 0.3 is 5.97 Å². The predicted molar refractivity (Wildman–Crippen MR) is 85.8 cm³/mol. The molecule has 0 bridgehead atoms. The zero-order valence-corrected chi connectivity index (χ0v) is 14.0. The lowest BCUT2D eigenvalue weighted by Crippen LogP contribution is -2.57. The van der Waals surface area contributed by atoms with Gasteiger partial charge < -0.3 is 15.3 Å². The van der Waals surface area contributed by atoms with Crippen molar-refractivity contribution in [3.8, 4) is 0 Å². The molecule has 9 heteroatoms. The number of amides is 1. The average Bonchev–Trinajstić information content (AvgIpc) is 2.66. The van der Waals surface area contributed by atoms with Crippen LogP contribution in [0.5, 0.6) is 0 Å². The third-order valence-electron chi connectivity index (χ3n) is 4.57. The number of hydrogen-bond donors (Lipinski definition) is 3. The Hall–Kier alpha value is -2.13. The fourth-order valence-corrected chi connectivity index (χ4v) is 4.74. The lowest BCUT2D eigenvalue weighted by Gasteiger charge is -2.39. The highest BCUT2D eigenvalue weighted by Gasteiger charge is 2.44. The Balaban J connectivity index is 1.91. The van der Waals surface area contributed by atoms with Crippen LogP contribution in [0.3, 0.4) is 0 Å². The van der Waals surface area contributed by atoms with Crippen LogP contribution in [0.15, 0.2) is 29.2 Å². The van der Waals surface area contributed by atoms with Crippen molar-refractivity contribution in [2.75, 3.05) is 11.9 Å². The monoisotopic (exact) mass is 353 g/mol. The summed E-state index contributed by atoms with van der Waals surface area (Å²) in [5, 5.41) is 12.3. The summed E-state index contributed by atoms with van der Waals surface area (Å²) in [6, 6.07) is 5.63. The quantitative estimate of drug-likeness (QED) is 0.716. The minimum absolute atomic E-state index is 0.0648. The predicted octanol–water partition coefficient (Wildman–Crippen LogP) is 0.572. The molecule has 0 radical (unpaired) electrons. The van der Waals surface area contributed by atoms with E-state index in [2.05, 4.69) is 10.0 Å². The van der Waals surface area contributed by atoms with Crippen molar-refractivity contribution in [1.29, 1.82) is 0 Å². The SMILES string of the molecule is C[C@@H](C(=O)O)N1CC[C@]2(CCC1=O)Nc1ccccc1S(=O)(=O)N2. The van der Waals surface area contributed by atoms with Crippen LogP contribution >= 0.6 is 0 Å². The van der Waals surface area contributed by atoms with E-state index in [0.717, 1.165) is 0 Å². The number of nitrogens with one attached hydrogen (secondary N) is 2. The zero-order chi connectivity index (χ0) is 17.5. The number of benzene rings is 1. The number of anilines is 1. The van der Waals surface area contributed by atoms with E-state index in [4.69, 9.17) is 5.11 Å². The average molecular weight is 353 g/mol. The van der Waals surface area contributed by atoms with Gasteiger partial charge in [0.25, 0.3) is 0 Å². The highest BCUT2D eigenvalue weighted by molar-refractivity contribution is 7.89. The summed E-state index contributed by atoms with van der Waals surface area (Å²) in [5.74, 6) is -1.37. The molecule has 2 heterocycles. The van der Waals surface area contributed by atoms with Crippen LogP contribution in [0, 0.1) is 0 Å². The maximum absolute atomic E-state index is 12.5. The van der Waals surface area contributed by atoms with Crippen LogP contribution in [-0.4, -0.2) is 48.6 Å². The van der Waals surface area contributed by atoms with Crippen molar-refractivity contribution in [2.45, 2.75) is 42.8 Å². The van der Waals surface area contributed by atoms with Gasteiger partial charge in [0, 0.05) is 19.4 Å². The zero-order valence-electron chi connectivity index (χ0n) is 13.2. The van der Waals surface area contributed by atoms with Gasteiger partial charge in [-0.2, -0.15) is 4.72 Å². The fraction of sp³-hybridized carbons (Fsp3) is 0.467. The standard InChI is InChI=1S/C15H19N3O5S/c1-10(14(20)21)18-9-8-15(7-6-13(18)19)16-11-4-2-3-5-12(11)24(22,23)17-15/h2-5,10,16-17H,6-9H2,1H3,(H,20,21)/t10-,15+/m0/s1. The van der Waals surface area contributed by atoms with Crippen LogP contribution in [0.4, 0.5) is 5.69 Å². The van der Waals surface area contributed by atoms with E-state index in [1.165, 1.54) is 17.9 Å². The Morgan fingerprint density at radius 1 is 1.33 bits per heavy atom. The number of sulfonamides is 1. The topological polar surface area (TPSA) is 116 Å². The molecular formula is C15H19N3O5S. The highest BCUT2D eigenvalue weighted by atomic mass is 32.2. The highest BCUT2D eigenvalue weighted by Crippen LogP contribution is 2.35. The van der Waals surface area contributed by atoms with E-state index in [0.29, 0.717) is 5.69 Å². The van der Waals surface area contributed by atoms with Crippen LogP contribution < -0.4 is 10.0 Å². The van der Waals surface area contributed by atoms with Crippen molar-refractivity contribution in [3.63, 3.8) is 0 Å². The van der Waals surface area contributed by atoms with E-state index in [-0.39, 0.29) is 36.6 Å². The number of rotatable bonds is 2. The second-order valence-corrected chi connectivity index (χ2v) is 7.81. The first kappa shape index (κ1) is 16.7. The number of likely N-dealkylation sites (tertiary alicyclic amines) is 1. The summed E-state index contributed by atoms with van der Waals surface area (Å²) >= 11 is 0. The van der Waals surface area contributed by atoms with E-state index in [1.54, 1.807) is 18.2 Å². The molecule has 2 aliphatic heterocycles. The van der Waals surface area contributed by atoms with Crippen LogP contribution in [0.1, 0.15) is 26.2 Å². The number of fused-ring (bicyclic) bond motifs is 1. The van der Waals surface area contributed by atoms with Gasteiger partial charge in [0.1, 0.15) is 16.6 Å². The summed E-state index contributed by atoms with van der Waals surface area (Å²) in [7, 11) is -3.70. The first-order valence-electron chi connectivity index (χ1n) is 7.68. The Bertz CT molecular complexity index is 794. The Morgan fingerprint density at radius 3 is 2.75 bits per heavy atom. The molecule has 8 nitrogen and oxygen atoms in total. The fourth-order valence-electron chi connectivity index (χ4n) is 3.19. The molecule has 2 atom stereocenters. The summed E-state index contributed by atoms with van der Waals surface area (Å²) in [6.07, 6.45) is 0.599. The second kappa shape index (κ2) is 5.75. The number of aliphatic carboxylic acids is 1. The molecule has 1 saturated heterocycles. The van der Waals surface area contributed by atoms with Crippen LogP contribution in [0.25, 0.3) is 0 Å². The van der Waals surface area contributed by atoms with E-state index in [9.17, 15) is 18.0 Å². The number of carbonyl (C=O) groups excluding carboxylic acids is 1. The Labute approximate surface area is 139 Å². The second-order valence-electron chi connectivity index (χ2n) is 6.16. The first-order chi connectivity index (χ1) is 11.2. The number of carbonyl (C=O) groups is 2. The molecule has 0 saturated carbocycles. The third-order valence-corrected chi connectivity index (χ3v) is 6.17. The molecule has 0 unspecified atom stereocenters. The Morgan fingerprint density at radius 2 is 2.04 bits per heavy atom. The molecule has 24 heavy (non-hydrogen) atoms. The lowest BCUT2D eigenvalue weighted by atomic mass is 10.0. The number of para-hydroxylation sites is 1. The van der Waals surface area contributed by atoms with Gasteiger partial charge in [0.2, 0.25) is 15.9 Å². The van der Waals surface area contributed by atoms with Crippen LogP contribution in [0.2, 0.25) is 0 Å². The van der Waals surface area contributed by atoms with Crippen molar-refractivity contribution < 1.29 is 23.1 Å². The number of hydrogen-bond acceptors (Lipinski definition) is 5. The molecule has 130 valence electrons. The maximum atomic E-state index is 12.5. The number of nitrogens with zero attached hydrogens (tertiary/aromatic N) is 1. The van der Waals surface area contributed by atoms with Gasteiger partial charge in [-0.15, -0.1) is 0 Å². The van der Waals surface area contributed by atoms with Crippen LogP contribution in [-0.2, 0) is 19.6 Å². The first-order valence-corrected chi connectivity index (χ1v) is 9.16. The molecule has 1 amide bonds. The van der Waals surface area contributed by atoms with Crippen molar-refractivity contribution in [3.05, 3.63) is 24.3 Å². The molecule has 2 aliphatic rings. The van der Waals surface area contributed by atoms with Gasteiger partial charge in [-0.25, -0.2) is 13.2 Å². The molecule has 0 aliphatic carbocycles. The van der Waals surface area contributed by atoms with Gasteiger partial charge in [-0.05, 0) is 25.5 Å². The summed E-state index contributed by atoms with van der Waals surface area (Å²) in [5.41, 5.74) is -0.501. The van der Waals surface area contributed by atoms with Gasteiger partial charge in [0.05, 0.1) is 5.69 Å². The smallest absolute Gasteiger partial charge is 0.326 e. The van der Waals surface area contributed by atoms with Crippen molar-refractivity contribution >= 4 is 27.6 Å². The van der Waals surface area contributed by atoms with E-state index in [1.807, 2.05) is 0 Å². The van der Waals surface area contributed by atoms with Gasteiger partial charge in [-0.3, -0.25) is 4.79 Å². The maximum Gasteiger partial charge on any atom is 0.326 e. The molecule has 1 spiro atoms. The molecule has 1 fully saturated rings. The molecule has 1 aromatic carbocycles. The third kappa shape index (κ3) is 2.84. The van der Waals surface area contributed by atoms with Gasteiger partial charge in [0.15, 0.2) is 0 Å². The molecule has 1 aromatic rings. The number of carboxylic acid groups (broad SMARTS) is 1. The summed E-state index contributed by atoms with van der Waals surface area (Å²) < 4.78 is 27.7. The minimum atomic E-state index is -3.70. The number of carboxylic acids is 1. The molecule has 0 aromatic heterocycles. The molecule has 3 N–H and O–H groups in total. The molecular weight excluding hydrogens is 334 g/mol. The summed E-state index contributed by atoms with van der Waals surface area (Å²) in [4.78, 5) is 24.9. The van der Waals surface area contributed by atoms with E-state index >= 15 is 0 Å². The minimum Gasteiger partial charge on any atom is -0.480 e. The molecule has 3 rings (SSSR count). The van der Waals surface area contributed by atoms with Crippen molar-refractivity contribution in [2.24, 2.45) is 0 Å². The van der Waals surface area contributed by atoms with Crippen molar-refractivity contribution in [1.82, 2.24) is 9.62 Å². The lowest BCUT2D eigenvalue weighted by molar-refractivity contribution is -0.149. The largest absolute Gasteiger partial charge is 0.480 e. The summed E-state index contributed by atoms with van der Waals surface area (Å²) in [6.45, 7) is 1.61. The van der Waals surface area contributed by atoms with E-state index < -0.39 is 27.7 Å². The Kier molecular flexibility index (Phi) is 4.00. The normalized spacial score (nSPS) is 27.0.